The lowest BCUT2D eigenvalue weighted by molar-refractivity contribution is -0.119. The molecule has 1 aromatic carbocycles. The molecule has 6 nitrogen and oxygen atoms in total. The Labute approximate surface area is 196 Å². The molecule has 31 heavy (non-hydrogen) atoms. The third-order valence-corrected chi connectivity index (χ3v) is 6.42. The fraction of sp³-hybridized carbons (Fsp3) is 0.409. The molecule has 1 aliphatic rings. The molecule has 0 unspecified atom stereocenters. The van der Waals surface area contributed by atoms with Crippen LogP contribution in [0.1, 0.15) is 53.4 Å². The molecule has 0 fully saturated rings. The fourth-order valence-corrected chi connectivity index (χ4v) is 5.04. The van der Waals surface area contributed by atoms with E-state index in [0.29, 0.717) is 41.0 Å². The molecule has 1 heterocycles. The second-order valence-electron chi connectivity index (χ2n) is 7.04. The summed E-state index contributed by atoms with van der Waals surface area (Å²) >= 11 is 12.7. The van der Waals surface area contributed by atoms with Crippen LogP contribution in [0.15, 0.2) is 24.3 Å². The molecule has 0 bridgehead atoms. The van der Waals surface area contributed by atoms with E-state index in [1.807, 2.05) is 0 Å². The molecule has 1 amide bonds. The molecule has 0 saturated heterocycles. The van der Waals surface area contributed by atoms with Gasteiger partial charge in [-0.2, -0.15) is 0 Å². The second kappa shape index (κ2) is 11.5. The Balaban J connectivity index is 1.50. The molecule has 0 atom stereocenters. The number of carbonyl (C=O) groups excluding carboxylic acids is 2. The van der Waals surface area contributed by atoms with Crippen LogP contribution in [-0.4, -0.2) is 30.2 Å². The highest BCUT2D eigenvalue weighted by atomic mass is 35.5. The zero-order valence-corrected chi connectivity index (χ0v) is 19.7. The maximum Gasteiger partial charge on any atom is 0.341 e. The minimum Gasteiger partial charge on any atom is -0.494 e. The summed E-state index contributed by atoms with van der Waals surface area (Å²) in [5, 5.41) is 7.17. The van der Waals surface area contributed by atoms with Gasteiger partial charge in [0, 0.05) is 16.3 Å². The van der Waals surface area contributed by atoms with Crippen molar-refractivity contribution in [3.8, 4) is 5.75 Å². The van der Waals surface area contributed by atoms with Gasteiger partial charge in [0.15, 0.2) is 5.11 Å². The summed E-state index contributed by atoms with van der Waals surface area (Å²) in [5.74, 6) is 0.143. The van der Waals surface area contributed by atoms with Gasteiger partial charge >= 0.3 is 5.97 Å². The van der Waals surface area contributed by atoms with Crippen molar-refractivity contribution in [2.45, 2.75) is 45.4 Å². The van der Waals surface area contributed by atoms with Crippen LogP contribution in [-0.2, 0) is 22.4 Å². The van der Waals surface area contributed by atoms with Gasteiger partial charge in [-0.1, -0.05) is 11.6 Å². The summed E-state index contributed by atoms with van der Waals surface area (Å²) < 4.78 is 10.8. The Kier molecular flexibility index (Phi) is 8.69. The lowest BCUT2D eigenvalue weighted by atomic mass is 9.95. The number of halogens is 1. The summed E-state index contributed by atoms with van der Waals surface area (Å²) in [6.45, 7) is 2.49. The van der Waals surface area contributed by atoms with Crippen LogP contribution in [0.5, 0.6) is 5.75 Å². The molecule has 166 valence electrons. The molecule has 0 spiro atoms. The number of thiocarbonyl (C=S) groups is 1. The Hall–Kier alpha value is -2.16. The lowest BCUT2D eigenvalue weighted by Crippen LogP contribution is -2.34. The van der Waals surface area contributed by atoms with Gasteiger partial charge in [-0.25, -0.2) is 4.79 Å². The number of ether oxygens (including phenoxy) is 2. The van der Waals surface area contributed by atoms with Gasteiger partial charge in [0.1, 0.15) is 10.8 Å². The first-order valence-electron chi connectivity index (χ1n) is 10.3. The van der Waals surface area contributed by atoms with E-state index in [4.69, 9.17) is 33.3 Å². The molecule has 2 aromatic rings. The largest absolute Gasteiger partial charge is 0.494 e. The smallest absolute Gasteiger partial charge is 0.341 e. The van der Waals surface area contributed by atoms with Crippen molar-refractivity contribution in [2.75, 3.05) is 18.5 Å². The zero-order chi connectivity index (χ0) is 22.2. The maximum atomic E-state index is 12.5. The summed E-state index contributed by atoms with van der Waals surface area (Å²) in [7, 11) is 0. The van der Waals surface area contributed by atoms with E-state index in [-0.39, 0.29) is 23.4 Å². The van der Waals surface area contributed by atoms with E-state index in [0.717, 1.165) is 31.2 Å². The quantitative estimate of drug-likeness (QED) is 0.310. The number of benzene rings is 1. The first-order valence-corrected chi connectivity index (χ1v) is 11.9. The van der Waals surface area contributed by atoms with Crippen molar-refractivity contribution in [3.05, 3.63) is 45.3 Å². The summed E-state index contributed by atoms with van der Waals surface area (Å²) in [4.78, 5) is 25.9. The van der Waals surface area contributed by atoms with Crippen LogP contribution in [0.4, 0.5) is 5.00 Å². The first kappa shape index (κ1) is 23.5. The fourth-order valence-electron chi connectivity index (χ4n) is 3.35. The van der Waals surface area contributed by atoms with E-state index in [1.54, 1.807) is 31.2 Å². The average Bonchev–Trinajstić information content (AvgIpc) is 3.10. The number of hydrogen-bond acceptors (Lipinski definition) is 6. The number of carbonyl (C=O) groups is 2. The average molecular weight is 481 g/mol. The number of hydrogen-bond donors (Lipinski definition) is 2. The molecule has 0 radical (unpaired) electrons. The second-order valence-corrected chi connectivity index (χ2v) is 8.99. The normalized spacial score (nSPS) is 12.6. The van der Waals surface area contributed by atoms with Crippen molar-refractivity contribution in [1.29, 1.82) is 0 Å². The predicted octanol–water partition coefficient (Wildman–Crippen LogP) is 5.13. The van der Waals surface area contributed by atoms with Crippen LogP contribution < -0.4 is 15.4 Å². The Morgan fingerprint density at radius 2 is 1.94 bits per heavy atom. The monoisotopic (exact) mass is 480 g/mol. The third-order valence-electron chi connectivity index (χ3n) is 4.76. The Morgan fingerprint density at radius 3 is 2.68 bits per heavy atom. The van der Waals surface area contributed by atoms with Crippen molar-refractivity contribution in [1.82, 2.24) is 5.32 Å². The molecule has 1 aromatic heterocycles. The van der Waals surface area contributed by atoms with Crippen molar-refractivity contribution < 1.29 is 19.1 Å². The molecule has 9 heteroatoms. The van der Waals surface area contributed by atoms with E-state index < -0.39 is 0 Å². The number of anilines is 1. The Morgan fingerprint density at radius 1 is 1.19 bits per heavy atom. The van der Waals surface area contributed by atoms with Gasteiger partial charge in [-0.05, 0) is 81.1 Å². The highest BCUT2D eigenvalue weighted by Gasteiger charge is 2.26. The van der Waals surface area contributed by atoms with Crippen molar-refractivity contribution in [2.24, 2.45) is 0 Å². The number of amides is 1. The van der Waals surface area contributed by atoms with Gasteiger partial charge in [-0.3, -0.25) is 4.79 Å². The maximum absolute atomic E-state index is 12.5. The van der Waals surface area contributed by atoms with Crippen LogP contribution in [0.2, 0.25) is 5.02 Å². The number of nitrogens with one attached hydrogen (secondary N) is 2. The first-order chi connectivity index (χ1) is 15.0. The summed E-state index contributed by atoms with van der Waals surface area (Å²) in [6, 6.07) is 7.06. The van der Waals surface area contributed by atoms with Gasteiger partial charge in [0.05, 0.1) is 18.8 Å². The number of esters is 1. The molecular formula is C22H25ClN2O4S2. The van der Waals surface area contributed by atoms with Crippen LogP contribution in [0.3, 0.4) is 0 Å². The van der Waals surface area contributed by atoms with Gasteiger partial charge in [0.2, 0.25) is 5.91 Å². The molecule has 0 saturated carbocycles. The standard InChI is InChI=1S/C22H25ClN2O4S2/c1-2-28-21(27)19-16-6-3-4-7-17(16)31-20(19)25-22(30)24-18(26)8-5-13-29-15-11-9-14(23)10-12-15/h9-12H,2-8,13H2,1H3,(H2,24,25,26,30). The SMILES string of the molecule is CCOC(=O)c1c(NC(=S)NC(=O)CCCOc2ccc(Cl)cc2)sc2c1CCCC2. The highest BCUT2D eigenvalue weighted by molar-refractivity contribution is 7.80. The molecular weight excluding hydrogens is 456 g/mol. The molecule has 3 rings (SSSR count). The van der Waals surface area contributed by atoms with Crippen LogP contribution >= 0.6 is 35.2 Å². The molecule has 1 aliphatic carbocycles. The third kappa shape index (κ3) is 6.66. The topological polar surface area (TPSA) is 76.7 Å². The zero-order valence-electron chi connectivity index (χ0n) is 17.3. The predicted molar refractivity (Wildman–Crippen MR) is 127 cm³/mol. The Bertz CT molecular complexity index is 944. The minimum absolute atomic E-state index is 0.174. The van der Waals surface area contributed by atoms with Crippen molar-refractivity contribution >= 4 is 57.1 Å². The van der Waals surface area contributed by atoms with E-state index in [1.165, 1.54) is 16.2 Å². The minimum atomic E-state index is -0.349. The summed E-state index contributed by atoms with van der Waals surface area (Å²) in [5.41, 5.74) is 1.60. The van der Waals surface area contributed by atoms with Crippen LogP contribution in [0, 0.1) is 0 Å². The van der Waals surface area contributed by atoms with Crippen molar-refractivity contribution in [3.63, 3.8) is 0 Å². The number of fused-ring (bicyclic) bond motifs is 1. The molecule has 2 N–H and O–H groups in total. The van der Waals surface area contributed by atoms with E-state index in [2.05, 4.69) is 10.6 Å². The number of thiophene rings is 1. The highest BCUT2D eigenvalue weighted by Crippen LogP contribution is 2.38. The lowest BCUT2D eigenvalue weighted by Gasteiger charge is -2.13. The summed E-state index contributed by atoms with van der Waals surface area (Å²) in [6.07, 6.45) is 4.76. The van der Waals surface area contributed by atoms with E-state index >= 15 is 0 Å². The van der Waals surface area contributed by atoms with E-state index in [9.17, 15) is 9.59 Å². The van der Waals surface area contributed by atoms with Crippen LogP contribution in [0.25, 0.3) is 0 Å². The molecule has 0 aliphatic heterocycles. The number of aryl methyl sites for hydroxylation is 1. The van der Waals surface area contributed by atoms with Gasteiger partial charge in [-0.15, -0.1) is 11.3 Å². The van der Waals surface area contributed by atoms with Gasteiger partial charge in [0.25, 0.3) is 0 Å². The van der Waals surface area contributed by atoms with Gasteiger partial charge < -0.3 is 20.1 Å². The number of rotatable bonds is 8.